The third-order valence-corrected chi connectivity index (χ3v) is 3.04. The second-order valence-electron chi connectivity index (χ2n) is 4.18. The maximum atomic E-state index is 11.6. The Morgan fingerprint density at radius 2 is 2.27 bits per heavy atom. The first kappa shape index (κ1) is 10.1. The highest BCUT2D eigenvalue weighted by Crippen LogP contribution is 2.29. The van der Waals surface area contributed by atoms with E-state index in [1.165, 1.54) is 19.3 Å². The van der Waals surface area contributed by atoms with Crippen LogP contribution in [-0.4, -0.2) is 20.7 Å². The number of carbonyl (C=O) groups is 1. The Kier molecular flexibility index (Phi) is 2.70. The van der Waals surface area contributed by atoms with Gasteiger partial charge in [0.1, 0.15) is 5.82 Å². The molecule has 0 bridgehead atoms. The molecular weight excluding hydrogens is 192 g/mol. The molecule has 0 aromatic carbocycles. The van der Waals surface area contributed by atoms with Gasteiger partial charge in [-0.3, -0.25) is 10.1 Å². The van der Waals surface area contributed by atoms with Gasteiger partial charge in [0.15, 0.2) is 0 Å². The van der Waals surface area contributed by atoms with Crippen molar-refractivity contribution in [3.63, 3.8) is 0 Å². The predicted octanol–water partition coefficient (Wildman–Crippen LogP) is 1.25. The fourth-order valence-electron chi connectivity index (χ4n) is 1.65. The van der Waals surface area contributed by atoms with Gasteiger partial charge < -0.3 is 4.57 Å². The van der Waals surface area contributed by atoms with Crippen LogP contribution in [0, 0.1) is 12.8 Å². The van der Waals surface area contributed by atoms with Crippen molar-refractivity contribution in [1.82, 2.24) is 14.8 Å². The second-order valence-corrected chi connectivity index (χ2v) is 4.18. The SMILES string of the molecule is Cc1nnc(NC(=O)CC2CCC2)n1C. The van der Waals surface area contributed by atoms with Crippen LogP contribution in [0.5, 0.6) is 0 Å². The maximum absolute atomic E-state index is 11.6. The van der Waals surface area contributed by atoms with Crippen molar-refractivity contribution >= 4 is 11.9 Å². The van der Waals surface area contributed by atoms with E-state index in [0.717, 1.165) is 5.82 Å². The summed E-state index contributed by atoms with van der Waals surface area (Å²) in [5.74, 6) is 1.97. The molecule has 2 rings (SSSR count). The van der Waals surface area contributed by atoms with Gasteiger partial charge >= 0.3 is 0 Å². The highest BCUT2D eigenvalue weighted by molar-refractivity contribution is 5.89. The smallest absolute Gasteiger partial charge is 0.230 e. The van der Waals surface area contributed by atoms with Crippen LogP contribution in [0.25, 0.3) is 0 Å². The monoisotopic (exact) mass is 208 g/mol. The summed E-state index contributed by atoms with van der Waals surface area (Å²) < 4.78 is 1.78. The number of hydrogen-bond donors (Lipinski definition) is 1. The minimum Gasteiger partial charge on any atom is -0.300 e. The van der Waals surface area contributed by atoms with Crippen molar-refractivity contribution < 1.29 is 4.79 Å². The van der Waals surface area contributed by atoms with Crippen LogP contribution >= 0.6 is 0 Å². The van der Waals surface area contributed by atoms with E-state index in [4.69, 9.17) is 0 Å². The zero-order chi connectivity index (χ0) is 10.8. The number of aryl methyl sites for hydroxylation is 1. The van der Waals surface area contributed by atoms with Crippen LogP contribution in [0.3, 0.4) is 0 Å². The van der Waals surface area contributed by atoms with Crippen molar-refractivity contribution in [2.45, 2.75) is 32.6 Å². The van der Waals surface area contributed by atoms with Crippen LogP contribution in [-0.2, 0) is 11.8 Å². The summed E-state index contributed by atoms with van der Waals surface area (Å²) in [7, 11) is 1.84. The van der Waals surface area contributed by atoms with Crippen LogP contribution in [0.4, 0.5) is 5.95 Å². The van der Waals surface area contributed by atoms with Crippen LogP contribution in [0.15, 0.2) is 0 Å². The molecule has 1 saturated carbocycles. The lowest BCUT2D eigenvalue weighted by molar-refractivity contribution is -0.117. The third kappa shape index (κ3) is 2.16. The normalized spacial score (nSPS) is 16.1. The Morgan fingerprint density at radius 3 is 2.73 bits per heavy atom. The van der Waals surface area contributed by atoms with Gasteiger partial charge in [0.2, 0.25) is 11.9 Å². The molecule has 82 valence electrons. The van der Waals surface area contributed by atoms with Gasteiger partial charge in [0, 0.05) is 13.5 Å². The van der Waals surface area contributed by atoms with E-state index in [1.807, 2.05) is 14.0 Å². The molecule has 0 spiro atoms. The number of nitrogens with zero attached hydrogens (tertiary/aromatic N) is 3. The van der Waals surface area contributed by atoms with Gasteiger partial charge in [-0.1, -0.05) is 6.42 Å². The lowest BCUT2D eigenvalue weighted by Gasteiger charge is -2.24. The Hall–Kier alpha value is -1.39. The second kappa shape index (κ2) is 4.00. The fourth-order valence-corrected chi connectivity index (χ4v) is 1.65. The van der Waals surface area contributed by atoms with E-state index in [1.54, 1.807) is 4.57 Å². The average molecular weight is 208 g/mol. The fraction of sp³-hybridized carbons (Fsp3) is 0.700. The number of rotatable bonds is 3. The summed E-state index contributed by atoms with van der Waals surface area (Å²) >= 11 is 0. The molecule has 1 amide bonds. The molecule has 1 aromatic heterocycles. The van der Waals surface area contributed by atoms with Gasteiger partial charge in [-0.05, 0) is 25.7 Å². The molecule has 1 aliphatic rings. The Balaban J connectivity index is 1.90. The molecule has 0 atom stereocenters. The molecular formula is C10H16N4O. The Morgan fingerprint density at radius 1 is 1.53 bits per heavy atom. The molecule has 1 N–H and O–H groups in total. The Bertz CT molecular complexity index is 367. The highest BCUT2D eigenvalue weighted by atomic mass is 16.1. The predicted molar refractivity (Wildman–Crippen MR) is 56.3 cm³/mol. The first-order chi connectivity index (χ1) is 7.16. The van der Waals surface area contributed by atoms with E-state index in [-0.39, 0.29) is 5.91 Å². The molecule has 5 heteroatoms. The molecule has 0 radical (unpaired) electrons. The van der Waals surface area contributed by atoms with Gasteiger partial charge in [0.25, 0.3) is 0 Å². The Labute approximate surface area is 88.9 Å². The van der Waals surface area contributed by atoms with Crippen LogP contribution in [0.2, 0.25) is 0 Å². The van der Waals surface area contributed by atoms with Crippen molar-refractivity contribution in [2.75, 3.05) is 5.32 Å². The van der Waals surface area contributed by atoms with E-state index in [0.29, 0.717) is 18.3 Å². The van der Waals surface area contributed by atoms with E-state index < -0.39 is 0 Å². The molecule has 0 aliphatic heterocycles. The summed E-state index contributed by atoms with van der Waals surface area (Å²) in [5.41, 5.74) is 0. The van der Waals surface area contributed by atoms with Gasteiger partial charge in [-0.2, -0.15) is 0 Å². The van der Waals surface area contributed by atoms with Crippen molar-refractivity contribution in [1.29, 1.82) is 0 Å². The minimum absolute atomic E-state index is 0.0511. The van der Waals surface area contributed by atoms with Gasteiger partial charge in [0.05, 0.1) is 0 Å². The molecule has 1 aromatic rings. The van der Waals surface area contributed by atoms with Gasteiger partial charge in [-0.15, -0.1) is 10.2 Å². The number of anilines is 1. The van der Waals surface area contributed by atoms with Crippen molar-refractivity contribution in [2.24, 2.45) is 13.0 Å². The summed E-state index contributed by atoms with van der Waals surface area (Å²) in [6.45, 7) is 1.86. The minimum atomic E-state index is 0.0511. The van der Waals surface area contributed by atoms with Crippen LogP contribution < -0.4 is 5.32 Å². The molecule has 5 nitrogen and oxygen atoms in total. The lowest BCUT2D eigenvalue weighted by Crippen LogP contribution is -2.22. The summed E-state index contributed by atoms with van der Waals surface area (Å²) in [6.07, 6.45) is 4.25. The van der Waals surface area contributed by atoms with E-state index in [9.17, 15) is 4.79 Å². The van der Waals surface area contributed by atoms with Crippen LogP contribution in [0.1, 0.15) is 31.5 Å². The lowest BCUT2D eigenvalue weighted by atomic mass is 9.83. The first-order valence-corrected chi connectivity index (χ1v) is 5.32. The number of hydrogen-bond acceptors (Lipinski definition) is 3. The molecule has 1 aliphatic carbocycles. The summed E-state index contributed by atoms with van der Waals surface area (Å²) in [4.78, 5) is 11.6. The number of nitrogens with one attached hydrogen (secondary N) is 1. The molecule has 0 saturated heterocycles. The number of carbonyl (C=O) groups excluding carboxylic acids is 1. The number of amides is 1. The summed E-state index contributed by atoms with van der Waals surface area (Å²) in [6, 6.07) is 0. The highest BCUT2D eigenvalue weighted by Gasteiger charge is 2.21. The third-order valence-electron chi connectivity index (χ3n) is 3.04. The topological polar surface area (TPSA) is 59.8 Å². The zero-order valence-corrected chi connectivity index (χ0v) is 9.16. The largest absolute Gasteiger partial charge is 0.300 e. The van der Waals surface area contributed by atoms with Crippen molar-refractivity contribution in [3.8, 4) is 0 Å². The van der Waals surface area contributed by atoms with E-state index >= 15 is 0 Å². The summed E-state index contributed by atoms with van der Waals surface area (Å²) in [5, 5.41) is 10.5. The average Bonchev–Trinajstić information content (AvgIpc) is 2.43. The maximum Gasteiger partial charge on any atom is 0.230 e. The van der Waals surface area contributed by atoms with Gasteiger partial charge in [-0.25, -0.2) is 0 Å². The first-order valence-electron chi connectivity index (χ1n) is 5.32. The molecule has 1 heterocycles. The number of aromatic nitrogens is 3. The molecule has 0 unspecified atom stereocenters. The quantitative estimate of drug-likeness (QED) is 0.813. The molecule has 15 heavy (non-hydrogen) atoms. The van der Waals surface area contributed by atoms with E-state index in [2.05, 4.69) is 15.5 Å². The zero-order valence-electron chi connectivity index (χ0n) is 9.16. The standard InChI is InChI=1S/C10H16N4O/c1-7-12-13-10(14(7)2)11-9(15)6-8-4-3-5-8/h8H,3-6H2,1-2H3,(H,11,13,15). The molecule has 1 fully saturated rings. The van der Waals surface area contributed by atoms with Crippen molar-refractivity contribution in [3.05, 3.63) is 5.82 Å².